The van der Waals surface area contributed by atoms with Crippen molar-refractivity contribution in [2.24, 2.45) is 23.7 Å². The first kappa shape index (κ1) is 15.1. The number of urea groups is 1. The Balaban J connectivity index is 1.73. The maximum atomic E-state index is 11.9. The molecular formula is C15H26N2O3. The van der Waals surface area contributed by atoms with Crippen LogP contribution in [0.4, 0.5) is 4.79 Å². The van der Waals surface area contributed by atoms with Crippen LogP contribution in [0.3, 0.4) is 0 Å². The number of aliphatic carboxylic acids is 1. The first-order chi connectivity index (χ1) is 9.47. The Morgan fingerprint density at radius 3 is 2.10 bits per heavy atom. The van der Waals surface area contributed by atoms with E-state index in [9.17, 15) is 9.59 Å². The van der Waals surface area contributed by atoms with Gasteiger partial charge < -0.3 is 15.7 Å². The summed E-state index contributed by atoms with van der Waals surface area (Å²) in [7, 11) is 0. The van der Waals surface area contributed by atoms with E-state index in [4.69, 9.17) is 5.11 Å². The summed E-state index contributed by atoms with van der Waals surface area (Å²) in [5, 5.41) is 14.9. The van der Waals surface area contributed by atoms with Crippen molar-refractivity contribution in [3.63, 3.8) is 0 Å². The Morgan fingerprint density at radius 1 is 1.15 bits per heavy atom. The Bertz CT molecular complexity index is 350. The van der Waals surface area contributed by atoms with Crippen molar-refractivity contribution >= 4 is 12.0 Å². The monoisotopic (exact) mass is 282 g/mol. The molecule has 0 aromatic rings. The standard InChI is InChI=1S/C15H26N2O3/c1-9(2)7-12(14(18)19)8-16-15(20)17-13(10-3-4-10)11-5-6-11/h9-13H,3-8H2,1-2H3,(H,18,19)(H2,16,17,20). The van der Waals surface area contributed by atoms with Crippen molar-refractivity contribution < 1.29 is 14.7 Å². The fourth-order valence-corrected chi connectivity index (χ4v) is 2.79. The van der Waals surface area contributed by atoms with Crippen molar-refractivity contribution in [3.05, 3.63) is 0 Å². The summed E-state index contributed by atoms with van der Waals surface area (Å²) in [6.45, 7) is 4.19. The molecule has 3 N–H and O–H groups in total. The second-order valence-corrected chi connectivity index (χ2v) is 6.72. The predicted octanol–water partition coefficient (Wildman–Crippen LogP) is 2.22. The molecule has 2 aliphatic rings. The Hall–Kier alpha value is -1.26. The predicted molar refractivity (Wildman–Crippen MR) is 76.4 cm³/mol. The van der Waals surface area contributed by atoms with Crippen LogP contribution in [-0.2, 0) is 4.79 Å². The zero-order valence-electron chi connectivity index (χ0n) is 12.4. The number of nitrogens with one attached hydrogen (secondary N) is 2. The molecule has 0 saturated heterocycles. The zero-order valence-corrected chi connectivity index (χ0v) is 12.4. The van der Waals surface area contributed by atoms with Crippen LogP contribution in [0.2, 0.25) is 0 Å². The van der Waals surface area contributed by atoms with Gasteiger partial charge in [-0.1, -0.05) is 13.8 Å². The SMILES string of the molecule is CC(C)CC(CNC(=O)NC(C1CC1)C1CC1)C(=O)O. The van der Waals surface area contributed by atoms with E-state index in [2.05, 4.69) is 10.6 Å². The van der Waals surface area contributed by atoms with Gasteiger partial charge in [0.15, 0.2) is 0 Å². The lowest BCUT2D eigenvalue weighted by atomic mass is 9.97. The molecule has 2 aliphatic carbocycles. The largest absolute Gasteiger partial charge is 0.481 e. The number of carbonyl (C=O) groups is 2. The molecule has 1 atom stereocenters. The van der Waals surface area contributed by atoms with Crippen molar-refractivity contribution in [2.75, 3.05) is 6.54 Å². The molecule has 2 amide bonds. The van der Waals surface area contributed by atoms with Crippen molar-refractivity contribution in [3.8, 4) is 0 Å². The molecule has 0 bridgehead atoms. The normalized spacial score (nSPS) is 20.0. The van der Waals surface area contributed by atoms with Crippen LogP contribution < -0.4 is 10.6 Å². The van der Waals surface area contributed by atoms with Crippen molar-refractivity contribution in [2.45, 2.75) is 52.0 Å². The van der Waals surface area contributed by atoms with Crippen LogP contribution >= 0.6 is 0 Å². The molecule has 1 unspecified atom stereocenters. The highest BCUT2D eigenvalue weighted by Crippen LogP contribution is 2.44. The van der Waals surface area contributed by atoms with Gasteiger partial charge in [0.25, 0.3) is 0 Å². The van der Waals surface area contributed by atoms with Crippen molar-refractivity contribution in [1.29, 1.82) is 0 Å². The molecule has 0 aromatic heterocycles. The van der Waals surface area contributed by atoms with E-state index in [0.717, 1.165) is 0 Å². The summed E-state index contributed by atoms with van der Waals surface area (Å²) in [5.41, 5.74) is 0. The average Bonchev–Trinajstić information content (AvgIpc) is 3.24. The Labute approximate surface area is 120 Å². The van der Waals surface area contributed by atoms with Gasteiger partial charge >= 0.3 is 12.0 Å². The highest BCUT2D eigenvalue weighted by atomic mass is 16.4. The van der Waals surface area contributed by atoms with E-state index in [1.165, 1.54) is 25.7 Å². The third-order valence-corrected chi connectivity index (χ3v) is 4.17. The molecule has 2 rings (SSSR count). The zero-order chi connectivity index (χ0) is 14.7. The molecule has 0 radical (unpaired) electrons. The molecule has 0 aliphatic heterocycles. The summed E-state index contributed by atoms with van der Waals surface area (Å²) in [6.07, 6.45) is 5.45. The molecule has 0 aromatic carbocycles. The number of carboxylic acid groups (broad SMARTS) is 1. The van der Waals surface area contributed by atoms with Crippen LogP contribution in [0.25, 0.3) is 0 Å². The van der Waals surface area contributed by atoms with Crippen molar-refractivity contribution in [1.82, 2.24) is 10.6 Å². The maximum absolute atomic E-state index is 11.9. The molecular weight excluding hydrogens is 256 g/mol. The van der Waals surface area contributed by atoms with Gasteiger partial charge in [-0.2, -0.15) is 0 Å². The van der Waals surface area contributed by atoms with E-state index in [1.54, 1.807) is 0 Å². The molecule has 0 heterocycles. The molecule has 2 fully saturated rings. The Kier molecular flexibility index (Phi) is 4.89. The van der Waals surface area contributed by atoms with Gasteiger partial charge in [0.05, 0.1) is 5.92 Å². The highest BCUT2D eigenvalue weighted by Gasteiger charge is 2.42. The number of carboxylic acids is 1. The lowest BCUT2D eigenvalue weighted by molar-refractivity contribution is -0.142. The maximum Gasteiger partial charge on any atom is 0.315 e. The topological polar surface area (TPSA) is 78.4 Å². The summed E-state index contributed by atoms with van der Waals surface area (Å²) in [6, 6.07) is 0.104. The van der Waals surface area contributed by atoms with E-state index in [1.807, 2.05) is 13.8 Å². The van der Waals surface area contributed by atoms with Gasteiger partial charge in [-0.3, -0.25) is 4.79 Å². The summed E-state index contributed by atoms with van der Waals surface area (Å²) in [4.78, 5) is 23.1. The molecule has 5 nitrogen and oxygen atoms in total. The molecule has 2 saturated carbocycles. The van der Waals surface area contributed by atoms with Gasteiger partial charge in [0.1, 0.15) is 0 Å². The fourth-order valence-electron chi connectivity index (χ4n) is 2.79. The number of amides is 2. The number of rotatable bonds is 8. The van der Waals surface area contributed by atoms with Crippen LogP contribution in [-0.4, -0.2) is 29.7 Å². The minimum Gasteiger partial charge on any atom is -0.481 e. The van der Waals surface area contributed by atoms with E-state index in [0.29, 0.717) is 30.2 Å². The number of hydrogen-bond donors (Lipinski definition) is 3. The van der Waals surface area contributed by atoms with Crippen LogP contribution in [0, 0.1) is 23.7 Å². The first-order valence-electron chi connectivity index (χ1n) is 7.74. The third kappa shape index (κ3) is 4.69. The number of carbonyl (C=O) groups excluding carboxylic acids is 1. The van der Waals surface area contributed by atoms with Crippen LogP contribution in [0.5, 0.6) is 0 Å². The van der Waals surface area contributed by atoms with Gasteiger partial charge in [-0.15, -0.1) is 0 Å². The second kappa shape index (κ2) is 6.46. The fraction of sp³-hybridized carbons (Fsp3) is 0.867. The Morgan fingerprint density at radius 2 is 1.70 bits per heavy atom. The lowest BCUT2D eigenvalue weighted by Crippen LogP contribution is -2.46. The third-order valence-electron chi connectivity index (χ3n) is 4.17. The van der Waals surface area contributed by atoms with Gasteiger partial charge in [-0.05, 0) is 49.9 Å². The summed E-state index contributed by atoms with van der Waals surface area (Å²) in [5.74, 6) is 0.283. The first-order valence-corrected chi connectivity index (χ1v) is 7.74. The van der Waals surface area contributed by atoms with Crippen LogP contribution in [0.15, 0.2) is 0 Å². The quantitative estimate of drug-likeness (QED) is 0.638. The summed E-state index contributed by atoms with van der Waals surface area (Å²) < 4.78 is 0. The minimum atomic E-state index is -0.833. The smallest absolute Gasteiger partial charge is 0.315 e. The van der Waals surface area contributed by atoms with E-state index < -0.39 is 11.9 Å². The van der Waals surface area contributed by atoms with Crippen LogP contribution in [0.1, 0.15) is 46.0 Å². The molecule has 114 valence electrons. The van der Waals surface area contributed by atoms with Gasteiger partial charge in [0.2, 0.25) is 0 Å². The second-order valence-electron chi connectivity index (χ2n) is 6.72. The number of hydrogen-bond acceptors (Lipinski definition) is 2. The van der Waals surface area contributed by atoms with E-state index in [-0.39, 0.29) is 12.6 Å². The van der Waals surface area contributed by atoms with E-state index >= 15 is 0 Å². The average molecular weight is 282 g/mol. The minimum absolute atomic E-state index is 0.205. The van der Waals surface area contributed by atoms with Gasteiger partial charge in [0, 0.05) is 12.6 Å². The molecule has 5 heteroatoms. The lowest BCUT2D eigenvalue weighted by Gasteiger charge is -2.20. The van der Waals surface area contributed by atoms with Gasteiger partial charge in [-0.25, -0.2) is 4.79 Å². The molecule has 20 heavy (non-hydrogen) atoms. The summed E-state index contributed by atoms with van der Waals surface area (Å²) >= 11 is 0. The highest BCUT2D eigenvalue weighted by molar-refractivity contribution is 5.76. The molecule has 0 spiro atoms.